The minimum absolute atomic E-state index is 0.191. The van der Waals surface area contributed by atoms with Gasteiger partial charge in [0.1, 0.15) is 0 Å². The van der Waals surface area contributed by atoms with Crippen molar-refractivity contribution >= 4 is 0 Å². The van der Waals surface area contributed by atoms with Gasteiger partial charge in [0.05, 0.1) is 6.61 Å². The van der Waals surface area contributed by atoms with Crippen LogP contribution >= 0.6 is 0 Å². The molecule has 0 aromatic heterocycles. The summed E-state index contributed by atoms with van der Waals surface area (Å²) in [4.78, 5) is 0. The molecule has 3 nitrogen and oxygen atoms in total. The molecule has 1 atom stereocenters. The van der Waals surface area contributed by atoms with E-state index in [4.69, 9.17) is 10.2 Å². The Morgan fingerprint density at radius 3 is 2.25 bits per heavy atom. The molecule has 0 spiro atoms. The highest BCUT2D eigenvalue weighted by Crippen LogP contribution is 2.00. The van der Waals surface area contributed by atoms with Crippen LogP contribution in [-0.2, 0) is 0 Å². The lowest BCUT2D eigenvalue weighted by Crippen LogP contribution is -2.37. The molecule has 0 bridgehead atoms. The second-order valence-corrected chi connectivity index (χ2v) is 3.42. The standard InChI is InChI=1S/C9H21NO2/c1-8(2)9(7-12)10-5-3-4-6-11/h8-12H,3-7H2,1-2H3. The summed E-state index contributed by atoms with van der Waals surface area (Å²) in [7, 11) is 0. The van der Waals surface area contributed by atoms with Gasteiger partial charge in [0.25, 0.3) is 0 Å². The summed E-state index contributed by atoms with van der Waals surface area (Å²) in [5.41, 5.74) is 0. The summed E-state index contributed by atoms with van der Waals surface area (Å²) in [5.74, 6) is 0.462. The van der Waals surface area contributed by atoms with Crippen LogP contribution in [0.5, 0.6) is 0 Å². The second kappa shape index (κ2) is 7.53. The summed E-state index contributed by atoms with van der Waals surface area (Å²) in [5, 5.41) is 20.7. The Morgan fingerprint density at radius 1 is 1.17 bits per heavy atom. The first-order chi connectivity index (χ1) is 5.72. The van der Waals surface area contributed by atoms with E-state index in [0.29, 0.717) is 5.92 Å². The van der Waals surface area contributed by atoms with E-state index in [1.165, 1.54) is 0 Å². The minimum Gasteiger partial charge on any atom is -0.396 e. The summed E-state index contributed by atoms with van der Waals surface area (Å²) in [6.07, 6.45) is 1.81. The molecule has 0 fully saturated rings. The average molecular weight is 175 g/mol. The molecule has 1 unspecified atom stereocenters. The van der Waals surface area contributed by atoms with Gasteiger partial charge >= 0.3 is 0 Å². The van der Waals surface area contributed by atoms with E-state index in [-0.39, 0.29) is 19.3 Å². The van der Waals surface area contributed by atoms with E-state index >= 15 is 0 Å². The molecule has 12 heavy (non-hydrogen) atoms. The Kier molecular flexibility index (Phi) is 7.45. The van der Waals surface area contributed by atoms with Crippen molar-refractivity contribution in [3.05, 3.63) is 0 Å². The highest BCUT2D eigenvalue weighted by molar-refractivity contribution is 4.68. The second-order valence-electron chi connectivity index (χ2n) is 3.42. The van der Waals surface area contributed by atoms with E-state index in [1.54, 1.807) is 0 Å². The maximum absolute atomic E-state index is 8.94. The van der Waals surface area contributed by atoms with Crippen LogP contribution in [-0.4, -0.2) is 36.0 Å². The predicted molar refractivity (Wildman–Crippen MR) is 50.0 cm³/mol. The molecule has 0 rings (SSSR count). The number of hydrogen-bond donors (Lipinski definition) is 3. The van der Waals surface area contributed by atoms with Crippen LogP contribution in [0.15, 0.2) is 0 Å². The molecule has 3 N–H and O–H groups in total. The average Bonchev–Trinajstić information content (AvgIpc) is 2.04. The molecule has 0 radical (unpaired) electrons. The first-order valence-corrected chi connectivity index (χ1v) is 4.67. The number of aliphatic hydroxyl groups is 2. The van der Waals surface area contributed by atoms with Crippen LogP contribution < -0.4 is 5.32 Å². The van der Waals surface area contributed by atoms with Gasteiger partial charge in [-0.1, -0.05) is 13.8 Å². The van der Waals surface area contributed by atoms with E-state index in [1.807, 2.05) is 0 Å². The number of hydrogen-bond acceptors (Lipinski definition) is 3. The lowest BCUT2D eigenvalue weighted by atomic mass is 10.1. The molecule has 0 amide bonds. The first-order valence-electron chi connectivity index (χ1n) is 4.67. The van der Waals surface area contributed by atoms with Gasteiger partial charge < -0.3 is 15.5 Å². The van der Waals surface area contributed by atoms with E-state index in [2.05, 4.69) is 19.2 Å². The molecule has 0 heterocycles. The van der Waals surface area contributed by atoms with Crippen LogP contribution in [0, 0.1) is 5.92 Å². The van der Waals surface area contributed by atoms with Crippen LogP contribution in [0.25, 0.3) is 0 Å². The number of rotatable bonds is 7. The zero-order valence-electron chi connectivity index (χ0n) is 8.08. The lowest BCUT2D eigenvalue weighted by molar-refractivity contribution is 0.209. The van der Waals surface area contributed by atoms with Gasteiger partial charge in [-0.25, -0.2) is 0 Å². The Labute approximate surface area is 74.8 Å². The van der Waals surface area contributed by atoms with E-state index < -0.39 is 0 Å². The van der Waals surface area contributed by atoms with Crippen molar-refractivity contribution in [3.63, 3.8) is 0 Å². The molecule has 74 valence electrons. The van der Waals surface area contributed by atoms with Gasteiger partial charge in [0, 0.05) is 12.6 Å². The van der Waals surface area contributed by atoms with Gasteiger partial charge in [0.15, 0.2) is 0 Å². The SMILES string of the molecule is CC(C)C(CO)NCCCCO. The molecule has 0 saturated heterocycles. The molecule has 0 aliphatic heterocycles. The quantitative estimate of drug-likeness (QED) is 0.490. The summed E-state index contributed by atoms with van der Waals surface area (Å²) >= 11 is 0. The molecular weight excluding hydrogens is 154 g/mol. The fourth-order valence-corrected chi connectivity index (χ4v) is 1.04. The summed E-state index contributed by atoms with van der Waals surface area (Å²) < 4.78 is 0. The van der Waals surface area contributed by atoms with Gasteiger partial charge in [-0.2, -0.15) is 0 Å². The van der Waals surface area contributed by atoms with Crippen molar-refractivity contribution in [2.45, 2.75) is 32.7 Å². The van der Waals surface area contributed by atoms with Crippen molar-refractivity contribution < 1.29 is 10.2 Å². The van der Waals surface area contributed by atoms with Gasteiger partial charge in [-0.3, -0.25) is 0 Å². The fourth-order valence-electron chi connectivity index (χ4n) is 1.04. The fraction of sp³-hybridized carbons (Fsp3) is 1.00. The van der Waals surface area contributed by atoms with Crippen molar-refractivity contribution in [2.24, 2.45) is 5.92 Å². The topological polar surface area (TPSA) is 52.5 Å². The third kappa shape index (κ3) is 5.52. The Morgan fingerprint density at radius 2 is 1.83 bits per heavy atom. The molecule has 0 saturated carbocycles. The van der Waals surface area contributed by atoms with Gasteiger partial charge in [-0.15, -0.1) is 0 Å². The molecule has 0 aliphatic carbocycles. The zero-order chi connectivity index (χ0) is 9.40. The van der Waals surface area contributed by atoms with E-state index in [9.17, 15) is 0 Å². The Balaban J connectivity index is 3.32. The maximum atomic E-state index is 8.94. The zero-order valence-corrected chi connectivity index (χ0v) is 8.08. The van der Waals surface area contributed by atoms with Crippen LogP contribution in [0.2, 0.25) is 0 Å². The van der Waals surface area contributed by atoms with Crippen LogP contribution in [0.4, 0.5) is 0 Å². The van der Waals surface area contributed by atoms with Crippen molar-refractivity contribution in [2.75, 3.05) is 19.8 Å². The largest absolute Gasteiger partial charge is 0.396 e. The third-order valence-corrected chi connectivity index (χ3v) is 1.99. The highest BCUT2D eigenvalue weighted by atomic mass is 16.3. The van der Waals surface area contributed by atoms with Crippen molar-refractivity contribution in [1.82, 2.24) is 5.32 Å². The molecule has 0 aromatic rings. The molecule has 0 aromatic carbocycles. The normalized spacial score (nSPS) is 13.8. The summed E-state index contributed by atoms with van der Waals surface area (Å²) in [6, 6.07) is 0.198. The van der Waals surface area contributed by atoms with Crippen LogP contribution in [0.1, 0.15) is 26.7 Å². The van der Waals surface area contributed by atoms with Crippen molar-refractivity contribution in [3.8, 4) is 0 Å². The molecule has 0 aliphatic rings. The first kappa shape index (κ1) is 11.9. The number of unbranched alkanes of at least 4 members (excludes halogenated alkanes) is 1. The number of nitrogens with one attached hydrogen (secondary N) is 1. The molecule has 3 heteroatoms. The number of aliphatic hydroxyl groups excluding tert-OH is 2. The van der Waals surface area contributed by atoms with Crippen molar-refractivity contribution in [1.29, 1.82) is 0 Å². The van der Waals surface area contributed by atoms with Crippen LogP contribution in [0.3, 0.4) is 0 Å². The monoisotopic (exact) mass is 175 g/mol. The van der Waals surface area contributed by atoms with Gasteiger partial charge in [-0.05, 0) is 25.3 Å². The minimum atomic E-state index is 0.191. The Bertz CT molecular complexity index is 96.5. The van der Waals surface area contributed by atoms with E-state index in [0.717, 1.165) is 19.4 Å². The summed E-state index contributed by atoms with van der Waals surface area (Å²) in [6.45, 7) is 5.49. The maximum Gasteiger partial charge on any atom is 0.0587 e. The smallest absolute Gasteiger partial charge is 0.0587 e. The lowest BCUT2D eigenvalue weighted by Gasteiger charge is -2.19. The highest BCUT2D eigenvalue weighted by Gasteiger charge is 2.09. The predicted octanol–water partition coefficient (Wildman–Crippen LogP) is 0.365. The van der Waals surface area contributed by atoms with Gasteiger partial charge in [0.2, 0.25) is 0 Å². The molecular formula is C9H21NO2. The third-order valence-electron chi connectivity index (χ3n) is 1.99. The Hall–Kier alpha value is -0.120.